The van der Waals surface area contributed by atoms with Crippen molar-refractivity contribution in [3.63, 3.8) is 0 Å². The standard InChI is InChI=1S/C17H17FN2O3S/c18-15-3-1-2-12(8-15)6-13-7-14(10-19-9-13)17(21)20-16-4-5-24(22,23)11-16/h1-3,7-10,16H,4-6,11H2,(H,20,21)/t16-/m1/s1. The highest BCUT2D eigenvalue weighted by molar-refractivity contribution is 7.91. The lowest BCUT2D eigenvalue weighted by molar-refractivity contribution is 0.0940. The molecule has 1 aliphatic rings. The Morgan fingerprint density at radius 3 is 2.79 bits per heavy atom. The molecule has 2 aromatic rings. The second-order valence-electron chi connectivity index (χ2n) is 5.96. The molecule has 3 rings (SSSR count). The van der Waals surface area contributed by atoms with E-state index in [1.54, 1.807) is 24.4 Å². The summed E-state index contributed by atoms with van der Waals surface area (Å²) in [7, 11) is -3.04. The van der Waals surface area contributed by atoms with Gasteiger partial charge < -0.3 is 5.32 Å². The SMILES string of the molecule is O=C(N[C@@H]1CCS(=O)(=O)C1)c1cncc(Cc2cccc(F)c2)c1. The van der Waals surface area contributed by atoms with E-state index in [-0.39, 0.29) is 29.3 Å². The molecule has 7 heteroatoms. The van der Waals surface area contributed by atoms with Crippen molar-refractivity contribution in [1.82, 2.24) is 10.3 Å². The molecule has 2 heterocycles. The molecule has 0 aliphatic carbocycles. The number of pyridine rings is 1. The zero-order valence-corrected chi connectivity index (χ0v) is 13.7. The van der Waals surface area contributed by atoms with Crippen LogP contribution < -0.4 is 5.32 Å². The molecule has 126 valence electrons. The second-order valence-corrected chi connectivity index (χ2v) is 8.19. The van der Waals surface area contributed by atoms with Crippen molar-refractivity contribution in [2.24, 2.45) is 0 Å². The fourth-order valence-corrected chi connectivity index (χ4v) is 4.44. The van der Waals surface area contributed by atoms with Gasteiger partial charge in [0.25, 0.3) is 5.91 Å². The smallest absolute Gasteiger partial charge is 0.253 e. The van der Waals surface area contributed by atoms with Gasteiger partial charge in [0.2, 0.25) is 0 Å². The van der Waals surface area contributed by atoms with Crippen LogP contribution in [0.1, 0.15) is 27.9 Å². The maximum atomic E-state index is 13.2. The van der Waals surface area contributed by atoms with E-state index in [2.05, 4.69) is 10.3 Å². The monoisotopic (exact) mass is 348 g/mol. The van der Waals surface area contributed by atoms with Crippen molar-refractivity contribution in [2.45, 2.75) is 18.9 Å². The minimum absolute atomic E-state index is 0.0187. The molecule has 1 N–H and O–H groups in total. The predicted octanol–water partition coefficient (Wildman–Crippen LogP) is 1.73. The Morgan fingerprint density at radius 2 is 2.08 bits per heavy atom. The number of hydrogen-bond donors (Lipinski definition) is 1. The fourth-order valence-electron chi connectivity index (χ4n) is 2.77. The van der Waals surface area contributed by atoms with E-state index in [0.717, 1.165) is 11.1 Å². The normalized spacial score (nSPS) is 19.1. The number of aromatic nitrogens is 1. The van der Waals surface area contributed by atoms with Crippen LogP contribution in [0.25, 0.3) is 0 Å². The van der Waals surface area contributed by atoms with Gasteiger partial charge in [-0.3, -0.25) is 9.78 Å². The zero-order valence-electron chi connectivity index (χ0n) is 12.9. The summed E-state index contributed by atoms with van der Waals surface area (Å²) in [5.74, 6) is -0.562. The Morgan fingerprint density at radius 1 is 1.25 bits per heavy atom. The van der Waals surface area contributed by atoms with Gasteiger partial charge in [0.15, 0.2) is 9.84 Å². The average molecular weight is 348 g/mol. The first-order valence-corrected chi connectivity index (χ1v) is 9.43. The highest BCUT2D eigenvalue weighted by Crippen LogP contribution is 2.14. The van der Waals surface area contributed by atoms with Gasteiger partial charge in [0.1, 0.15) is 5.82 Å². The van der Waals surface area contributed by atoms with Crippen LogP contribution in [0.3, 0.4) is 0 Å². The number of nitrogens with one attached hydrogen (secondary N) is 1. The summed E-state index contributed by atoms with van der Waals surface area (Å²) in [5.41, 5.74) is 1.94. The van der Waals surface area contributed by atoms with Crippen LogP contribution in [0.4, 0.5) is 4.39 Å². The topological polar surface area (TPSA) is 76.1 Å². The van der Waals surface area contributed by atoms with Crippen molar-refractivity contribution >= 4 is 15.7 Å². The second kappa shape index (κ2) is 6.68. The lowest BCUT2D eigenvalue weighted by Crippen LogP contribution is -2.35. The molecule has 1 fully saturated rings. The predicted molar refractivity (Wildman–Crippen MR) is 88.0 cm³/mol. The van der Waals surface area contributed by atoms with Gasteiger partial charge in [-0.25, -0.2) is 12.8 Å². The van der Waals surface area contributed by atoms with Crippen molar-refractivity contribution in [3.8, 4) is 0 Å². The third-order valence-corrected chi connectivity index (χ3v) is 5.69. The maximum Gasteiger partial charge on any atom is 0.253 e. The number of rotatable bonds is 4. The molecule has 1 aliphatic heterocycles. The lowest BCUT2D eigenvalue weighted by Gasteiger charge is -2.11. The summed E-state index contributed by atoms with van der Waals surface area (Å²) in [4.78, 5) is 16.3. The van der Waals surface area contributed by atoms with Crippen LogP contribution in [-0.2, 0) is 16.3 Å². The first-order valence-electron chi connectivity index (χ1n) is 7.61. The van der Waals surface area contributed by atoms with Crippen LogP contribution in [0.5, 0.6) is 0 Å². The van der Waals surface area contributed by atoms with Crippen LogP contribution in [0.15, 0.2) is 42.7 Å². The van der Waals surface area contributed by atoms with Crippen molar-refractivity contribution in [3.05, 3.63) is 65.2 Å². The molecule has 1 atom stereocenters. The first kappa shape index (κ1) is 16.6. The molecule has 0 saturated carbocycles. The maximum absolute atomic E-state index is 13.2. The van der Waals surface area contributed by atoms with E-state index in [1.807, 2.05) is 0 Å². The third kappa shape index (κ3) is 4.17. The Balaban J connectivity index is 1.69. The van der Waals surface area contributed by atoms with Gasteiger partial charge in [0, 0.05) is 18.4 Å². The molecular weight excluding hydrogens is 331 g/mol. The Bertz CT molecular complexity index is 868. The minimum Gasteiger partial charge on any atom is -0.348 e. The molecule has 0 bridgehead atoms. The molecular formula is C17H17FN2O3S. The Hall–Kier alpha value is -2.28. The Kier molecular flexibility index (Phi) is 4.62. The molecule has 0 unspecified atom stereocenters. The summed E-state index contributed by atoms with van der Waals surface area (Å²) in [5, 5.41) is 2.73. The molecule has 1 amide bonds. The number of carbonyl (C=O) groups excluding carboxylic acids is 1. The number of benzene rings is 1. The third-order valence-electron chi connectivity index (χ3n) is 3.92. The van der Waals surface area contributed by atoms with Crippen LogP contribution in [0, 0.1) is 5.82 Å². The molecule has 5 nitrogen and oxygen atoms in total. The van der Waals surface area contributed by atoms with E-state index in [0.29, 0.717) is 18.4 Å². The molecule has 1 saturated heterocycles. The zero-order chi connectivity index (χ0) is 17.2. The number of nitrogens with zero attached hydrogens (tertiary/aromatic N) is 1. The van der Waals surface area contributed by atoms with E-state index in [9.17, 15) is 17.6 Å². The number of amides is 1. The molecule has 24 heavy (non-hydrogen) atoms. The number of carbonyl (C=O) groups is 1. The van der Waals surface area contributed by atoms with Crippen LogP contribution in [0.2, 0.25) is 0 Å². The van der Waals surface area contributed by atoms with Gasteiger partial charge in [-0.1, -0.05) is 12.1 Å². The van der Waals surface area contributed by atoms with Crippen molar-refractivity contribution in [1.29, 1.82) is 0 Å². The van der Waals surface area contributed by atoms with E-state index in [1.165, 1.54) is 18.3 Å². The summed E-state index contributed by atoms with van der Waals surface area (Å²) in [6.07, 6.45) is 3.96. The summed E-state index contributed by atoms with van der Waals surface area (Å²) >= 11 is 0. The molecule has 1 aromatic heterocycles. The summed E-state index contributed by atoms with van der Waals surface area (Å²) in [6, 6.07) is 7.59. The quantitative estimate of drug-likeness (QED) is 0.913. The first-order chi connectivity index (χ1) is 11.4. The van der Waals surface area contributed by atoms with E-state index < -0.39 is 9.84 Å². The van der Waals surface area contributed by atoms with Gasteiger partial charge in [-0.2, -0.15) is 0 Å². The number of hydrogen-bond acceptors (Lipinski definition) is 4. The molecule has 0 radical (unpaired) electrons. The summed E-state index contributed by atoms with van der Waals surface area (Å²) < 4.78 is 36.1. The fraction of sp³-hybridized carbons (Fsp3) is 0.294. The van der Waals surface area contributed by atoms with Crippen molar-refractivity contribution in [2.75, 3.05) is 11.5 Å². The van der Waals surface area contributed by atoms with Gasteiger partial charge in [0.05, 0.1) is 17.1 Å². The minimum atomic E-state index is -3.04. The Labute approximate surface area is 139 Å². The highest BCUT2D eigenvalue weighted by Gasteiger charge is 2.29. The van der Waals surface area contributed by atoms with Gasteiger partial charge >= 0.3 is 0 Å². The molecule has 0 spiro atoms. The highest BCUT2D eigenvalue weighted by atomic mass is 32.2. The lowest BCUT2D eigenvalue weighted by atomic mass is 10.0. The van der Waals surface area contributed by atoms with Gasteiger partial charge in [-0.05, 0) is 42.2 Å². The van der Waals surface area contributed by atoms with Crippen LogP contribution >= 0.6 is 0 Å². The van der Waals surface area contributed by atoms with Gasteiger partial charge in [-0.15, -0.1) is 0 Å². The number of halogens is 1. The number of sulfone groups is 1. The molecule has 1 aromatic carbocycles. The average Bonchev–Trinajstić information content (AvgIpc) is 2.86. The largest absolute Gasteiger partial charge is 0.348 e. The van der Waals surface area contributed by atoms with E-state index in [4.69, 9.17) is 0 Å². The van der Waals surface area contributed by atoms with Crippen LogP contribution in [-0.4, -0.2) is 36.9 Å². The summed E-state index contributed by atoms with van der Waals surface area (Å²) in [6.45, 7) is 0. The van der Waals surface area contributed by atoms with E-state index >= 15 is 0 Å². The van der Waals surface area contributed by atoms with Crippen molar-refractivity contribution < 1.29 is 17.6 Å².